The minimum atomic E-state index is -0.453. The van der Waals surface area contributed by atoms with E-state index in [0.29, 0.717) is 11.3 Å². The zero-order valence-corrected chi connectivity index (χ0v) is 14.0. The molecule has 0 heterocycles. The molecular formula is C16H26LiNO2. The summed E-state index contributed by atoms with van der Waals surface area (Å²) >= 11 is 0. The number of fused-ring (bicyclic) bond motifs is 2. The molecule has 0 saturated heterocycles. The van der Waals surface area contributed by atoms with E-state index in [9.17, 15) is 5.11 Å². The van der Waals surface area contributed by atoms with Crippen LogP contribution in [-0.4, -0.2) is 11.3 Å². The summed E-state index contributed by atoms with van der Waals surface area (Å²) in [6, 6.07) is 0. The van der Waals surface area contributed by atoms with Gasteiger partial charge in [-0.05, 0) is 30.6 Å². The van der Waals surface area contributed by atoms with E-state index < -0.39 is 5.60 Å². The van der Waals surface area contributed by atoms with Crippen molar-refractivity contribution in [2.75, 3.05) is 0 Å². The summed E-state index contributed by atoms with van der Waals surface area (Å²) in [6.07, 6.45) is 4.87. The maximum absolute atomic E-state index is 11.7. The first-order valence-electron chi connectivity index (χ1n) is 7.20. The molecule has 0 aliphatic heterocycles. The van der Waals surface area contributed by atoms with E-state index in [1.807, 2.05) is 20.8 Å². The zero-order chi connectivity index (χ0) is 14.5. The number of aliphatic imine (C=N–C) groups is 1. The third kappa shape index (κ3) is 2.95. The quantitative estimate of drug-likeness (QED) is 0.534. The first-order chi connectivity index (χ1) is 8.56. The summed E-state index contributed by atoms with van der Waals surface area (Å²) in [4.78, 5) is 4.47. The standard InChI is InChI=1S/C16H27NO2.Li/c1-14(2,3)19-13(18)10-17-12-9-11-7-8-16(12,6)15(11,4)5;/h10-11,18H,7-9H2,1-6H3;/q;+1/p-1/b13-10+,17-12?;. The van der Waals surface area contributed by atoms with Gasteiger partial charge in [-0.3, -0.25) is 4.99 Å². The third-order valence-electron chi connectivity index (χ3n) is 5.24. The molecule has 108 valence electrons. The molecule has 2 rings (SSSR count). The summed E-state index contributed by atoms with van der Waals surface area (Å²) in [5, 5.41) is 11.7. The van der Waals surface area contributed by atoms with E-state index in [-0.39, 0.29) is 30.2 Å². The monoisotopic (exact) mass is 271 g/mol. The van der Waals surface area contributed by atoms with Gasteiger partial charge in [-0.1, -0.05) is 41.5 Å². The molecule has 4 heteroatoms. The average Bonchev–Trinajstić information content (AvgIpc) is 2.56. The summed E-state index contributed by atoms with van der Waals surface area (Å²) in [7, 11) is 0. The fourth-order valence-electron chi connectivity index (χ4n) is 3.58. The molecule has 0 aromatic rings. The third-order valence-corrected chi connectivity index (χ3v) is 5.24. The van der Waals surface area contributed by atoms with Crippen LogP contribution in [0.3, 0.4) is 0 Å². The molecular weight excluding hydrogens is 245 g/mol. The minimum Gasteiger partial charge on any atom is -0.606 e. The van der Waals surface area contributed by atoms with Gasteiger partial charge in [0.05, 0.1) is 5.95 Å². The van der Waals surface area contributed by atoms with Crippen LogP contribution in [0.2, 0.25) is 0 Å². The van der Waals surface area contributed by atoms with Crippen LogP contribution in [0.25, 0.3) is 0 Å². The van der Waals surface area contributed by atoms with Crippen LogP contribution in [0.15, 0.2) is 17.1 Å². The molecule has 0 N–H and O–H groups in total. The van der Waals surface area contributed by atoms with Crippen molar-refractivity contribution in [2.45, 2.75) is 66.4 Å². The van der Waals surface area contributed by atoms with Crippen LogP contribution in [0.4, 0.5) is 0 Å². The molecule has 3 nitrogen and oxygen atoms in total. The van der Waals surface area contributed by atoms with Crippen LogP contribution >= 0.6 is 0 Å². The molecule has 2 fully saturated rings. The fourth-order valence-corrected chi connectivity index (χ4v) is 3.58. The van der Waals surface area contributed by atoms with Crippen molar-refractivity contribution >= 4 is 5.71 Å². The Morgan fingerprint density at radius 1 is 1.35 bits per heavy atom. The molecule has 0 aromatic heterocycles. The van der Waals surface area contributed by atoms with Crippen molar-refractivity contribution < 1.29 is 28.7 Å². The summed E-state index contributed by atoms with van der Waals surface area (Å²) in [5.74, 6) is 0.368. The van der Waals surface area contributed by atoms with E-state index >= 15 is 0 Å². The van der Waals surface area contributed by atoms with Crippen molar-refractivity contribution in [3.8, 4) is 0 Å². The number of hydrogen-bond acceptors (Lipinski definition) is 3. The van der Waals surface area contributed by atoms with Crippen LogP contribution < -0.4 is 24.0 Å². The second-order valence-electron chi connectivity index (χ2n) is 7.73. The van der Waals surface area contributed by atoms with E-state index in [1.165, 1.54) is 24.8 Å². The number of hydrogen-bond donors (Lipinski definition) is 0. The Labute approximate surface area is 135 Å². The summed E-state index contributed by atoms with van der Waals surface area (Å²) in [6.45, 7) is 12.6. The molecule has 20 heavy (non-hydrogen) atoms. The van der Waals surface area contributed by atoms with Gasteiger partial charge < -0.3 is 9.84 Å². The molecule has 2 unspecified atom stereocenters. The van der Waals surface area contributed by atoms with Crippen LogP contribution in [0.1, 0.15) is 60.8 Å². The Hall–Kier alpha value is -0.393. The van der Waals surface area contributed by atoms with Crippen LogP contribution in [0, 0.1) is 16.7 Å². The van der Waals surface area contributed by atoms with Crippen LogP contribution in [0.5, 0.6) is 0 Å². The van der Waals surface area contributed by atoms with Gasteiger partial charge in [-0.2, -0.15) is 0 Å². The number of nitrogens with zero attached hydrogens (tertiary/aromatic N) is 1. The molecule has 2 bridgehead atoms. The van der Waals surface area contributed by atoms with Gasteiger partial charge in [0.15, 0.2) is 0 Å². The van der Waals surface area contributed by atoms with Gasteiger partial charge in [0, 0.05) is 22.9 Å². The van der Waals surface area contributed by atoms with Gasteiger partial charge in [-0.15, -0.1) is 0 Å². The Kier molecular flexibility index (Phi) is 4.79. The molecule has 0 aromatic carbocycles. The van der Waals surface area contributed by atoms with Gasteiger partial charge in [0.1, 0.15) is 0 Å². The smallest absolute Gasteiger partial charge is 0.606 e. The molecule has 0 amide bonds. The Bertz CT molecular complexity index is 434. The van der Waals surface area contributed by atoms with Gasteiger partial charge in [-0.25, -0.2) is 0 Å². The summed E-state index contributed by atoms with van der Waals surface area (Å²) < 4.78 is 5.26. The molecule has 0 radical (unpaired) electrons. The Morgan fingerprint density at radius 2 is 1.95 bits per heavy atom. The van der Waals surface area contributed by atoms with Crippen molar-refractivity contribution in [3.05, 3.63) is 12.1 Å². The van der Waals surface area contributed by atoms with E-state index in [1.54, 1.807) is 0 Å². The zero-order valence-electron chi connectivity index (χ0n) is 14.0. The molecule has 2 saturated carbocycles. The molecule has 2 aliphatic rings. The van der Waals surface area contributed by atoms with Gasteiger partial charge in [0.2, 0.25) is 0 Å². The van der Waals surface area contributed by atoms with E-state index in [2.05, 4.69) is 25.8 Å². The largest absolute Gasteiger partial charge is 1.00 e. The van der Waals surface area contributed by atoms with Crippen molar-refractivity contribution in [1.82, 2.24) is 0 Å². The van der Waals surface area contributed by atoms with Gasteiger partial charge >= 0.3 is 18.9 Å². The fraction of sp³-hybridized carbons (Fsp3) is 0.812. The van der Waals surface area contributed by atoms with Gasteiger partial charge in [0.25, 0.3) is 0 Å². The predicted octanol–water partition coefficient (Wildman–Crippen LogP) is 0.252. The number of rotatable bonds is 2. The van der Waals surface area contributed by atoms with Crippen molar-refractivity contribution in [1.29, 1.82) is 0 Å². The topological polar surface area (TPSA) is 44.6 Å². The van der Waals surface area contributed by atoms with Crippen molar-refractivity contribution in [2.24, 2.45) is 21.7 Å². The normalized spacial score (nSPS) is 34.2. The van der Waals surface area contributed by atoms with E-state index in [0.717, 1.165) is 6.42 Å². The first-order valence-corrected chi connectivity index (χ1v) is 7.20. The second-order valence-corrected chi connectivity index (χ2v) is 7.73. The molecule has 2 aliphatic carbocycles. The summed E-state index contributed by atoms with van der Waals surface area (Å²) in [5.41, 5.74) is 1.18. The minimum absolute atomic E-state index is 0. The second kappa shape index (κ2) is 5.43. The Morgan fingerprint density at radius 3 is 2.35 bits per heavy atom. The SMILES string of the molecule is CC(C)(C)O/C([O-])=C/N=C1CC2CCC1(C)C2(C)C.[Li+]. The first kappa shape index (κ1) is 17.7. The Balaban J connectivity index is 0.00000200. The molecule has 0 spiro atoms. The maximum atomic E-state index is 11.7. The predicted molar refractivity (Wildman–Crippen MR) is 75.6 cm³/mol. The molecule has 2 atom stereocenters. The van der Waals surface area contributed by atoms with Crippen molar-refractivity contribution in [3.63, 3.8) is 0 Å². The van der Waals surface area contributed by atoms with Crippen LogP contribution in [-0.2, 0) is 4.74 Å². The maximum Gasteiger partial charge on any atom is 1.00 e. The number of ether oxygens (including phenoxy) is 1. The van der Waals surface area contributed by atoms with E-state index in [4.69, 9.17) is 4.74 Å². The average molecular weight is 271 g/mol.